The van der Waals surface area contributed by atoms with Crippen LogP contribution in [0, 0.1) is 11.8 Å². The normalized spacial score (nSPS) is 12.5. The molecule has 0 aliphatic carbocycles. The van der Waals surface area contributed by atoms with Crippen molar-refractivity contribution in [3.05, 3.63) is 22.3 Å². The fraction of sp³-hybridized carbons (Fsp3) is 0.500. The average Bonchev–Trinajstić information content (AvgIpc) is 2.28. The third-order valence-corrected chi connectivity index (χ3v) is 3.29. The number of nitrogens with zero attached hydrogens (tertiary/aromatic N) is 1. The van der Waals surface area contributed by atoms with Crippen LogP contribution in [-0.4, -0.2) is 17.4 Å². The van der Waals surface area contributed by atoms with Gasteiger partial charge in [-0.2, -0.15) is 0 Å². The van der Waals surface area contributed by atoms with Crippen molar-refractivity contribution in [2.24, 2.45) is 11.8 Å². The third kappa shape index (κ3) is 4.00. The van der Waals surface area contributed by atoms with Gasteiger partial charge in [0.15, 0.2) is 0 Å². The molecule has 1 atom stereocenters. The summed E-state index contributed by atoms with van der Waals surface area (Å²) in [6.45, 7) is 7.01. The molecule has 0 radical (unpaired) electrons. The molecular formula is C12H18BrN3O. The molecule has 0 saturated carbocycles. The van der Waals surface area contributed by atoms with E-state index in [2.05, 4.69) is 47.0 Å². The fourth-order valence-electron chi connectivity index (χ4n) is 1.22. The molecule has 94 valence electrons. The number of hydrogen-bond acceptors (Lipinski definition) is 3. The zero-order valence-electron chi connectivity index (χ0n) is 10.3. The summed E-state index contributed by atoms with van der Waals surface area (Å²) in [6, 6.07) is 1.68. The van der Waals surface area contributed by atoms with Gasteiger partial charge in [0.25, 0.3) is 5.91 Å². The van der Waals surface area contributed by atoms with E-state index in [9.17, 15) is 4.79 Å². The maximum absolute atomic E-state index is 11.9. The minimum atomic E-state index is -0.177. The second kappa shape index (κ2) is 6.00. The summed E-state index contributed by atoms with van der Waals surface area (Å²) in [7, 11) is 0. The first-order valence-electron chi connectivity index (χ1n) is 5.61. The average molecular weight is 300 g/mol. The summed E-state index contributed by atoms with van der Waals surface area (Å²) in [5.41, 5.74) is 6.08. The van der Waals surface area contributed by atoms with Crippen LogP contribution >= 0.6 is 15.9 Å². The molecule has 0 aliphatic rings. The first kappa shape index (κ1) is 14.0. The highest BCUT2D eigenvalue weighted by Gasteiger charge is 2.13. The highest BCUT2D eigenvalue weighted by molar-refractivity contribution is 9.10. The molecule has 1 aromatic heterocycles. The van der Waals surface area contributed by atoms with Crippen molar-refractivity contribution in [3.63, 3.8) is 0 Å². The van der Waals surface area contributed by atoms with Crippen molar-refractivity contribution in [2.45, 2.75) is 20.8 Å². The summed E-state index contributed by atoms with van der Waals surface area (Å²) in [5, 5.41) is 2.87. The Morgan fingerprint density at radius 1 is 1.53 bits per heavy atom. The Morgan fingerprint density at radius 2 is 2.18 bits per heavy atom. The topological polar surface area (TPSA) is 68.0 Å². The molecule has 5 heteroatoms. The number of halogens is 1. The number of carbonyl (C=O) groups excluding carboxylic acids is 1. The van der Waals surface area contributed by atoms with E-state index in [-0.39, 0.29) is 11.7 Å². The highest BCUT2D eigenvalue weighted by atomic mass is 79.9. The number of carbonyl (C=O) groups is 1. The van der Waals surface area contributed by atoms with Gasteiger partial charge in [-0.1, -0.05) is 20.8 Å². The standard InChI is InChI=1S/C12H18BrN3O/c1-7(2)8(3)5-16-12(17)10-4-9(13)6-15-11(10)14/h4,6-8H,5H2,1-3H3,(H2,14,15)(H,16,17). The van der Waals surface area contributed by atoms with Gasteiger partial charge in [-0.05, 0) is 33.8 Å². The first-order valence-corrected chi connectivity index (χ1v) is 6.40. The van der Waals surface area contributed by atoms with E-state index in [1.807, 2.05) is 0 Å². The van der Waals surface area contributed by atoms with Crippen LogP contribution in [0.15, 0.2) is 16.7 Å². The molecule has 0 fully saturated rings. The Morgan fingerprint density at radius 3 is 2.76 bits per heavy atom. The van der Waals surface area contributed by atoms with Crippen LogP contribution in [0.5, 0.6) is 0 Å². The lowest BCUT2D eigenvalue weighted by atomic mass is 9.98. The Hall–Kier alpha value is -1.10. The number of anilines is 1. The van der Waals surface area contributed by atoms with Crippen molar-refractivity contribution in [1.29, 1.82) is 0 Å². The van der Waals surface area contributed by atoms with E-state index in [1.165, 1.54) is 0 Å². The lowest BCUT2D eigenvalue weighted by molar-refractivity contribution is 0.0945. The lowest BCUT2D eigenvalue weighted by Gasteiger charge is -2.16. The van der Waals surface area contributed by atoms with Crippen LogP contribution in [0.3, 0.4) is 0 Å². The summed E-state index contributed by atoms with van der Waals surface area (Å²) >= 11 is 3.27. The Bertz CT molecular complexity index is 407. The number of hydrogen-bond donors (Lipinski definition) is 2. The molecule has 3 N–H and O–H groups in total. The molecule has 0 aromatic carbocycles. The van der Waals surface area contributed by atoms with E-state index >= 15 is 0 Å². The zero-order valence-corrected chi connectivity index (χ0v) is 11.9. The molecule has 0 bridgehead atoms. The summed E-state index contributed by atoms with van der Waals surface area (Å²) in [6.07, 6.45) is 1.57. The smallest absolute Gasteiger partial charge is 0.255 e. The number of amides is 1. The third-order valence-electron chi connectivity index (χ3n) is 2.85. The van der Waals surface area contributed by atoms with Gasteiger partial charge in [-0.3, -0.25) is 4.79 Å². The lowest BCUT2D eigenvalue weighted by Crippen LogP contribution is -2.30. The molecule has 4 nitrogen and oxygen atoms in total. The summed E-state index contributed by atoms with van der Waals surface area (Å²) in [4.78, 5) is 15.8. The predicted molar refractivity (Wildman–Crippen MR) is 72.7 cm³/mol. The maximum Gasteiger partial charge on any atom is 0.255 e. The van der Waals surface area contributed by atoms with E-state index < -0.39 is 0 Å². The zero-order chi connectivity index (χ0) is 13.0. The number of nitrogens with one attached hydrogen (secondary N) is 1. The number of pyridine rings is 1. The Balaban J connectivity index is 2.67. The van der Waals surface area contributed by atoms with Crippen molar-refractivity contribution in [3.8, 4) is 0 Å². The molecule has 17 heavy (non-hydrogen) atoms. The van der Waals surface area contributed by atoms with Crippen molar-refractivity contribution < 1.29 is 4.79 Å². The van der Waals surface area contributed by atoms with Crippen molar-refractivity contribution >= 4 is 27.7 Å². The second-order valence-electron chi connectivity index (χ2n) is 4.52. The van der Waals surface area contributed by atoms with Gasteiger partial charge in [0.2, 0.25) is 0 Å². The molecule has 1 heterocycles. The molecule has 0 aliphatic heterocycles. The Labute approximate surface area is 110 Å². The van der Waals surface area contributed by atoms with Crippen LogP contribution in [0.25, 0.3) is 0 Å². The molecule has 1 rings (SSSR count). The van der Waals surface area contributed by atoms with Crippen molar-refractivity contribution in [2.75, 3.05) is 12.3 Å². The Kier molecular flexibility index (Phi) is 4.93. The van der Waals surface area contributed by atoms with Crippen LogP contribution in [0.1, 0.15) is 31.1 Å². The molecule has 0 spiro atoms. The molecule has 1 aromatic rings. The van der Waals surface area contributed by atoms with Gasteiger partial charge >= 0.3 is 0 Å². The molecular weight excluding hydrogens is 282 g/mol. The summed E-state index contributed by atoms with van der Waals surface area (Å²) in [5.74, 6) is 1.04. The van der Waals surface area contributed by atoms with Crippen molar-refractivity contribution in [1.82, 2.24) is 10.3 Å². The first-order chi connectivity index (χ1) is 7.91. The quantitative estimate of drug-likeness (QED) is 0.897. The van der Waals surface area contributed by atoms with Gasteiger partial charge in [-0.15, -0.1) is 0 Å². The fourth-order valence-corrected chi connectivity index (χ4v) is 1.55. The number of rotatable bonds is 4. The van der Waals surface area contributed by atoms with Gasteiger partial charge in [0, 0.05) is 17.2 Å². The van der Waals surface area contributed by atoms with Gasteiger partial charge in [0.1, 0.15) is 5.82 Å². The van der Waals surface area contributed by atoms with E-state index in [4.69, 9.17) is 5.73 Å². The van der Waals surface area contributed by atoms with E-state index in [1.54, 1.807) is 12.3 Å². The van der Waals surface area contributed by atoms with Gasteiger partial charge < -0.3 is 11.1 Å². The van der Waals surface area contributed by atoms with E-state index in [0.717, 1.165) is 4.47 Å². The van der Waals surface area contributed by atoms with Crippen LogP contribution < -0.4 is 11.1 Å². The monoisotopic (exact) mass is 299 g/mol. The molecule has 1 amide bonds. The van der Waals surface area contributed by atoms with Crippen LogP contribution in [0.2, 0.25) is 0 Å². The van der Waals surface area contributed by atoms with Gasteiger partial charge in [0.05, 0.1) is 5.56 Å². The van der Waals surface area contributed by atoms with Gasteiger partial charge in [-0.25, -0.2) is 4.98 Å². The maximum atomic E-state index is 11.9. The highest BCUT2D eigenvalue weighted by Crippen LogP contribution is 2.15. The van der Waals surface area contributed by atoms with Crippen LogP contribution in [-0.2, 0) is 0 Å². The number of aromatic nitrogens is 1. The second-order valence-corrected chi connectivity index (χ2v) is 5.43. The SMILES string of the molecule is CC(C)C(C)CNC(=O)c1cc(Br)cnc1N. The number of nitrogens with two attached hydrogens (primary N) is 1. The van der Waals surface area contributed by atoms with Crippen LogP contribution in [0.4, 0.5) is 5.82 Å². The van der Waals surface area contributed by atoms with E-state index in [0.29, 0.717) is 23.9 Å². The largest absolute Gasteiger partial charge is 0.383 e. The number of nitrogen functional groups attached to an aromatic ring is 1. The molecule has 1 unspecified atom stereocenters. The summed E-state index contributed by atoms with van der Waals surface area (Å²) < 4.78 is 0.744. The minimum absolute atomic E-state index is 0.177. The molecule has 0 saturated heterocycles. The minimum Gasteiger partial charge on any atom is -0.383 e. The predicted octanol–water partition coefficient (Wildman–Crippen LogP) is 2.45.